The molecule has 0 radical (unpaired) electrons. The van der Waals surface area contributed by atoms with Crippen molar-refractivity contribution in [3.05, 3.63) is 47.3 Å². The molecular formula is C24H37N3O2. The fourth-order valence-corrected chi connectivity index (χ4v) is 4.35. The molecule has 160 valence electrons. The molecule has 1 aliphatic heterocycles. The molecule has 0 bridgehead atoms. The first-order chi connectivity index (χ1) is 13.7. The van der Waals surface area contributed by atoms with Gasteiger partial charge in [-0.15, -0.1) is 0 Å². The van der Waals surface area contributed by atoms with Gasteiger partial charge in [0, 0.05) is 12.6 Å². The zero-order valence-electron chi connectivity index (χ0n) is 18.6. The number of esters is 1. The average molecular weight is 400 g/mol. The van der Waals surface area contributed by atoms with Crippen LogP contribution >= 0.6 is 0 Å². The lowest BCUT2D eigenvalue weighted by atomic mass is 9.89. The lowest BCUT2D eigenvalue weighted by Gasteiger charge is -2.34. The van der Waals surface area contributed by atoms with Gasteiger partial charge in [-0.1, -0.05) is 57.0 Å². The van der Waals surface area contributed by atoms with Gasteiger partial charge in [0.2, 0.25) is 6.04 Å². The summed E-state index contributed by atoms with van der Waals surface area (Å²) in [4.78, 5) is 19.0. The summed E-state index contributed by atoms with van der Waals surface area (Å²) in [6.45, 7) is 18.4. The van der Waals surface area contributed by atoms with Crippen LogP contribution in [0.1, 0.15) is 65.9 Å². The molecule has 29 heavy (non-hydrogen) atoms. The number of benzene rings is 1. The Bertz CT molecular complexity index is 688. The van der Waals surface area contributed by atoms with Crippen molar-refractivity contribution in [3.63, 3.8) is 0 Å². The Kier molecular flexibility index (Phi) is 8.24. The molecule has 1 fully saturated rings. The molecule has 0 aliphatic carbocycles. The highest BCUT2D eigenvalue weighted by molar-refractivity contribution is 5.77. The van der Waals surface area contributed by atoms with Gasteiger partial charge in [0.15, 0.2) is 0 Å². The van der Waals surface area contributed by atoms with Crippen molar-refractivity contribution in [1.29, 1.82) is 0 Å². The first-order valence-corrected chi connectivity index (χ1v) is 10.8. The van der Waals surface area contributed by atoms with Crippen LogP contribution in [0.25, 0.3) is 4.85 Å². The maximum absolute atomic E-state index is 13.0. The van der Waals surface area contributed by atoms with E-state index >= 15 is 0 Å². The number of rotatable bonds is 8. The van der Waals surface area contributed by atoms with Gasteiger partial charge < -0.3 is 15.3 Å². The third kappa shape index (κ3) is 6.29. The van der Waals surface area contributed by atoms with Gasteiger partial charge >= 0.3 is 5.97 Å². The molecule has 4 atom stereocenters. The summed E-state index contributed by atoms with van der Waals surface area (Å²) in [6, 6.07) is 9.07. The number of nitrogens with zero attached hydrogens (tertiary/aromatic N) is 2. The standard InChI is InChI=1S/C24H37N3O2/c1-7-17(8-2)14-19(25)22-20(26-6)15-21(23(28)29-24(3,4)5)27(22)16-18-12-10-9-11-13-18/h9-13,17,19-22H,7-8,14-16,25H2,1-5H3. The van der Waals surface area contributed by atoms with E-state index < -0.39 is 11.6 Å². The molecule has 1 aromatic rings. The van der Waals surface area contributed by atoms with Crippen LogP contribution in [0.4, 0.5) is 0 Å². The topological polar surface area (TPSA) is 59.9 Å². The van der Waals surface area contributed by atoms with Crippen molar-refractivity contribution < 1.29 is 9.53 Å². The number of nitrogens with two attached hydrogens (primary N) is 1. The van der Waals surface area contributed by atoms with E-state index in [0.717, 1.165) is 24.8 Å². The summed E-state index contributed by atoms with van der Waals surface area (Å²) >= 11 is 0. The van der Waals surface area contributed by atoms with Gasteiger partial charge in [-0.3, -0.25) is 9.69 Å². The van der Waals surface area contributed by atoms with E-state index in [1.165, 1.54) is 0 Å². The van der Waals surface area contributed by atoms with Crippen molar-refractivity contribution >= 4 is 5.97 Å². The summed E-state index contributed by atoms with van der Waals surface area (Å²) in [5.74, 6) is 0.287. The number of carbonyl (C=O) groups is 1. The molecule has 5 heteroatoms. The Morgan fingerprint density at radius 3 is 2.41 bits per heavy atom. The zero-order chi connectivity index (χ0) is 21.6. The fourth-order valence-electron chi connectivity index (χ4n) is 4.35. The SMILES string of the molecule is [C-]#[N+]C1CC(C(=O)OC(C)(C)C)N(Cc2ccccc2)C1C(N)CC(CC)CC. The van der Waals surface area contributed by atoms with E-state index in [-0.39, 0.29) is 24.1 Å². The zero-order valence-corrected chi connectivity index (χ0v) is 18.6. The Hall–Kier alpha value is -1.90. The minimum atomic E-state index is -0.557. The predicted molar refractivity (Wildman–Crippen MR) is 117 cm³/mol. The Balaban J connectivity index is 2.33. The summed E-state index contributed by atoms with van der Waals surface area (Å²) in [5.41, 5.74) is 7.25. The highest BCUT2D eigenvalue weighted by atomic mass is 16.6. The van der Waals surface area contributed by atoms with Crippen LogP contribution in [0.2, 0.25) is 0 Å². The quantitative estimate of drug-likeness (QED) is 0.519. The molecule has 2 N–H and O–H groups in total. The van der Waals surface area contributed by atoms with Gasteiger partial charge in [0.05, 0.1) is 6.42 Å². The van der Waals surface area contributed by atoms with Crippen LogP contribution in [-0.2, 0) is 16.1 Å². The van der Waals surface area contributed by atoms with Crippen molar-refractivity contribution in [2.75, 3.05) is 0 Å². The minimum absolute atomic E-state index is 0.143. The highest BCUT2D eigenvalue weighted by Crippen LogP contribution is 2.34. The lowest BCUT2D eigenvalue weighted by molar-refractivity contribution is -0.161. The second-order valence-electron chi connectivity index (χ2n) is 9.21. The van der Waals surface area contributed by atoms with E-state index in [9.17, 15) is 4.79 Å². The van der Waals surface area contributed by atoms with Gasteiger partial charge in [-0.2, -0.15) is 0 Å². The number of likely N-dealkylation sites (tertiary alicyclic amines) is 1. The molecule has 1 saturated heterocycles. The number of hydrogen-bond acceptors (Lipinski definition) is 4. The molecule has 4 unspecified atom stereocenters. The van der Waals surface area contributed by atoms with Crippen molar-refractivity contribution in [2.24, 2.45) is 11.7 Å². The van der Waals surface area contributed by atoms with Crippen molar-refractivity contribution in [2.45, 2.75) is 96.6 Å². The van der Waals surface area contributed by atoms with Gasteiger partial charge in [-0.05, 0) is 38.7 Å². The Morgan fingerprint density at radius 1 is 1.28 bits per heavy atom. The van der Waals surface area contributed by atoms with E-state index in [4.69, 9.17) is 17.0 Å². The molecule has 0 spiro atoms. The molecule has 1 aromatic carbocycles. The van der Waals surface area contributed by atoms with Crippen molar-refractivity contribution in [3.8, 4) is 0 Å². The second-order valence-corrected chi connectivity index (χ2v) is 9.21. The van der Waals surface area contributed by atoms with Gasteiger partial charge in [0.25, 0.3) is 0 Å². The largest absolute Gasteiger partial charge is 0.459 e. The summed E-state index contributed by atoms with van der Waals surface area (Å²) in [6.07, 6.45) is 3.50. The van der Waals surface area contributed by atoms with E-state index in [2.05, 4.69) is 35.7 Å². The molecular weight excluding hydrogens is 362 g/mol. The number of carbonyl (C=O) groups excluding carboxylic acids is 1. The molecule has 1 aliphatic rings. The molecule has 1 heterocycles. The van der Waals surface area contributed by atoms with Gasteiger partial charge in [-0.25, -0.2) is 6.57 Å². The highest BCUT2D eigenvalue weighted by Gasteiger charge is 2.51. The molecule has 5 nitrogen and oxygen atoms in total. The van der Waals surface area contributed by atoms with Crippen LogP contribution in [0, 0.1) is 12.5 Å². The summed E-state index contributed by atoms with van der Waals surface area (Å²) < 4.78 is 5.71. The van der Waals surface area contributed by atoms with Crippen LogP contribution in [0.5, 0.6) is 0 Å². The van der Waals surface area contributed by atoms with Crippen LogP contribution in [-0.4, -0.2) is 40.6 Å². The average Bonchev–Trinajstić information content (AvgIpc) is 3.04. The third-order valence-corrected chi connectivity index (χ3v) is 5.89. The van der Waals surface area contributed by atoms with Crippen LogP contribution < -0.4 is 5.73 Å². The lowest BCUT2D eigenvalue weighted by Crippen LogP contribution is -2.52. The molecule has 2 rings (SSSR count). The summed E-state index contributed by atoms with van der Waals surface area (Å²) in [7, 11) is 0. The van der Waals surface area contributed by atoms with Crippen LogP contribution in [0.3, 0.4) is 0 Å². The van der Waals surface area contributed by atoms with E-state index in [1.54, 1.807) is 0 Å². The predicted octanol–water partition coefficient (Wildman–Crippen LogP) is 4.41. The number of ether oxygens (including phenoxy) is 1. The fraction of sp³-hybridized carbons (Fsp3) is 0.667. The molecule has 0 amide bonds. The first-order valence-electron chi connectivity index (χ1n) is 10.8. The Labute approximate surface area is 176 Å². The first kappa shape index (κ1) is 23.4. The van der Waals surface area contributed by atoms with E-state index in [1.807, 2.05) is 39.0 Å². The monoisotopic (exact) mass is 399 g/mol. The summed E-state index contributed by atoms with van der Waals surface area (Å²) in [5, 5.41) is 0. The maximum atomic E-state index is 13.0. The van der Waals surface area contributed by atoms with Crippen LogP contribution in [0.15, 0.2) is 30.3 Å². The molecule has 0 saturated carbocycles. The maximum Gasteiger partial charge on any atom is 0.324 e. The minimum Gasteiger partial charge on any atom is -0.459 e. The van der Waals surface area contributed by atoms with Crippen molar-refractivity contribution in [1.82, 2.24) is 4.90 Å². The smallest absolute Gasteiger partial charge is 0.324 e. The molecule has 0 aromatic heterocycles. The number of hydrogen-bond donors (Lipinski definition) is 1. The third-order valence-electron chi connectivity index (χ3n) is 5.89. The second kappa shape index (κ2) is 10.2. The normalized spacial score (nSPS) is 23.7. The van der Waals surface area contributed by atoms with Gasteiger partial charge in [0.1, 0.15) is 17.7 Å². The Morgan fingerprint density at radius 2 is 1.90 bits per heavy atom. The van der Waals surface area contributed by atoms with E-state index in [0.29, 0.717) is 18.9 Å².